The van der Waals surface area contributed by atoms with Crippen LogP contribution in [0.1, 0.15) is 26.7 Å². The van der Waals surface area contributed by atoms with Crippen molar-refractivity contribution >= 4 is 11.3 Å². The summed E-state index contributed by atoms with van der Waals surface area (Å²) in [5.74, 6) is 0.753. The summed E-state index contributed by atoms with van der Waals surface area (Å²) in [5, 5.41) is 2.84. The smallest absolute Gasteiger partial charge is 0.200 e. The SMILES string of the molecule is CC(C)(C)c1nc(-c2nccs2)co1. The number of hydrogen-bond acceptors (Lipinski definition) is 4. The van der Waals surface area contributed by atoms with Crippen LogP contribution in [0.4, 0.5) is 0 Å². The van der Waals surface area contributed by atoms with Crippen molar-refractivity contribution in [2.75, 3.05) is 0 Å². The second kappa shape index (κ2) is 3.20. The molecule has 0 unspecified atom stereocenters. The van der Waals surface area contributed by atoms with Gasteiger partial charge in [0.25, 0.3) is 0 Å². The summed E-state index contributed by atoms with van der Waals surface area (Å²) < 4.78 is 5.41. The van der Waals surface area contributed by atoms with Crippen molar-refractivity contribution in [2.24, 2.45) is 0 Å². The first kappa shape index (κ1) is 9.40. The number of nitrogens with zero attached hydrogens (tertiary/aromatic N) is 2. The molecule has 0 aliphatic carbocycles. The van der Waals surface area contributed by atoms with Gasteiger partial charge in [-0.2, -0.15) is 0 Å². The Morgan fingerprint density at radius 2 is 2.14 bits per heavy atom. The Morgan fingerprint density at radius 3 is 2.64 bits per heavy atom. The van der Waals surface area contributed by atoms with Gasteiger partial charge in [-0.3, -0.25) is 0 Å². The molecule has 74 valence electrons. The number of thiazole rings is 1. The zero-order valence-corrected chi connectivity index (χ0v) is 9.26. The molecule has 2 rings (SSSR count). The fraction of sp³-hybridized carbons (Fsp3) is 0.400. The van der Waals surface area contributed by atoms with Gasteiger partial charge in [0.1, 0.15) is 17.0 Å². The van der Waals surface area contributed by atoms with E-state index in [2.05, 4.69) is 30.7 Å². The predicted molar refractivity (Wildman–Crippen MR) is 56.3 cm³/mol. The van der Waals surface area contributed by atoms with E-state index in [0.29, 0.717) is 0 Å². The van der Waals surface area contributed by atoms with E-state index in [1.165, 1.54) is 0 Å². The third-order valence-electron chi connectivity index (χ3n) is 1.80. The Morgan fingerprint density at radius 1 is 1.36 bits per heavy atom. The number of hydrogen-bond donors (Lipinski definition) is 0. The quantitative estimate of drug-likeness (QED) is 0.722. The highest BCUT2D eigenvalue weighted by Gasteiger charge is 2.20. The van der Waals surface area contributed by atoms with Crippen molar-refractivity contribution in [3.8, 4) is 10.7 Å². The van der Waals surface area contributed by atoms with Crippen LogP contribution in [0.2, 0.25) is 0 Å². The van der Waals surface area contributed by atoms with Crippen LogP contribution >= 0.6 is 11.3 Å². The lowest BCUT2D eigenvalue weighted by Gasteiger charge is -2.11. The minimum absolute atomic E-state index is 0.0461. The molecule has 0 amide bonds. The van der Waals surface area contributed by atoms with Gasteiger partial charge in [0.15, 0.2) is 5.89 Å². The number of aromatic nitrogens is 2. The zero-order chi connectivity index (χ0) is 10.2. The van der Waals surface area contributed by atoms with Gasteiger partial charge in [-0.05, 0) is 0 Å². The number of oxazole rings is 1. The molecule has 2 aromatic heterocycles. The summed E-state index contributed by atoms with van der Waals surface area (Å²) in [4.78, 5) is 8.58. The van der Waals surface area contributed by atoms with E-state index >= 15 is 0 Å². The first-order valence-electron chi connectivity index (χ1n) is 4.43. The van der Waals surface area contributed by atoms with Gasteiger partial charge < -0.3 is 4.42 Å². The second-order valence-corrected chi connectivity index (χ2v) is 5.02. The molecular formula is C10H12N2OS. The summed E-state index contributed by atoms with van der Waals surface area (Å²) in [7, 11) is 0. The molecule has 4 heteroatoms. The van der Waals surface area contributed by atoms with Crippen LogP contribution in [-0.2, 0) is 5.41 Å². The third-order valence-corrected chi connectivity index (χ3v) is 2.59. The van der Waals surface area contributed by atoms with E-state index in [4.69, 9.17) is 4.42 Å². The minimum Gasteiger partial charge on any atom is -0.448 e. The van der Waals surface area contributed by atoms with Crippen LogP contribution in [0.3, 0.4) is 0 Å². The second-order valence-electron chi connectivity index (χ2n) is 4.13. The summed E-state index contributed by atoms with van der Waals surface area (Å²) in [6.07, 6.45) is 3.44. The van der Waals surface area contributed by atoms with Crippen LogP contribution in [-0.4, -0.2) is 9.97 Å². The van der Waals surface area contributed by atoms with Gasteiger partial charge in [0.2, 0.25) is 0 Å². The van der Waals surface area contributed by atoms with Gasteiger partial charge in [-0.1, -0.05) is 20.8 Å². The van der Waals surface area contributed by atoms with Crippen molar-refractivity contribution in [1.82, 2.24) is 9.97 Å². The van der Waals surface area contributed by atoms with Crippen LogP contribution in [0.5, 0.6) is 0 Å². The third kappa shape index (κ3) is 1.70. The molecule has 3 nitrogen and oxygen atoms in total. The van der Waals surface area contributed by atoms with Crippen molar-refractivity contribution in [1.29, 1.82) is 0 Å². The Bertz CT molecular complexity index is 412. The maximum Gasteiger partial charge on any atom is 0.200 e. The van der Waals surface area contributed by atoms with Gasteiger partial charge in [0.05, 0.1) is 0 Å². The van der Waals surface area contributed by atoms with Gasteiger partial charge in [-0.15, -0.1) is 11.3 Å². The molecule has 0 saturated heterocycles. The fourth-order valence-corrected chi connectivity index (χ4v) is 1.65. The van der Waals surface area contributed by atoms with Gasteiger partial charge in [0, 0.05) is 17.0 Å². The summed E-state index contributed by atoms with van der Waals surface area (Å²) in [5.41, 5.74) is 0.778. The molecular weight excluding hydrogens is 196 g/mol. The largest absolute Gasteiger partial charge is 0.448 e. The summed E-state index contributed by atoms with van der Waals surface area (Å²) in [6.45, 7) is 6.22. The maximum absolute atomic E-state index is 5.41. The van der Waals surface area contributed by atoms with E-state index in [9.17, 15) is 0 Å². The molecule has 0 aromatic carbocycles. The van der Waals surface area contributed by atoms with Crippen molar-refractivity contribution in [3.63, 3.8) is 0 Å². The molecule has 0 bridgehead atoms. The van der Waals surface area contributed by atoms with E-state index in [-0.39, 0.29) is 5.41 Å². The monoisotopic (exact) mass is 208 g/mol. The highest BCUT2D eigenvalue weighted by molar-refractivity contribution is 7.13. The lowest BCUT2D eigenvalue weighted by Crippen LogP contribution is -2.11. The average molecular weight is 208 g/mol. The standard InChI is InChI=1S/C10H12N2OS/c1-10(2,3)9-12-7(6-13-9)8-11-4-5-14-8/h4-6H,1-3H3. The van der Waals surface area contributed by atoms with E-state index < -0.39 is 0 Å². The summed E-state index contributed by atoms with van der Waals surface area (Å²) in [6, 6.07) is 0. The highest BCUT2D eigenvalue weighted by Crippen LogP contribution is 2.26. The molecule has 0 saturated carbocycles. The molecule has 14 heavy (non-hydrogen) atoms. The molecule has 0 spiro atoms. The maximum atomic E-state index is 5.41. The highest BCUT2D eigenvalue weighted by atomic mass is 32.1. The first-order chi connectivity index (χ1) is 6.57. The Labute approximate surface area is 86.8 Å². The Kier molecular flexibility index (Phi) is 2.15. The molecule has 0 aliphatic rings. The van der Waals surface area contributed by atoms with Crippen molar-refractivity contribution in [2.45, 2.75) is 26.2 Å². The molecule has 0 N–H and O–H groups in total. The number of rotatable bonds is 1. The van der Waals surface area contributed by atoms with E-state index in [1.807, 2.05) is 5.38 Å². The topological polar surface area (TPSA) is 38.9 Å². The van der Waals surface area contributed by atoms with Crippen LogP contribution in [0.25, 0.3) is 10.7 Å². The van der Waals surface area contributed by atoms with Gasteiger partial charge in [-0.25, -0.2) is 9.97 Å². The van der Waals surface area contributed by atoms with Crippen LogP contribution < -0.4 is 0 Å². The normalized spacial score (nSPS) is 11.9. The summed E-state index contributed by atoms with van der Waals surface area (Å²) >= 11 is 1.57. The molecule has 0 aliphatic heterocycles. The lowest BCUT2D eigenvalue weighted by atomic mass is 9.97. The molecule has 0 atom stereocenters. The average Bonchev–Trinajstić information content (AvgIpc) is 2.73. The molecule has 2 heterocycles. The van der Waals surface area contributed by atoms with Crippen LogP contribution in [0.15, 0.2) is 22.3 Å². The van der Waals surface area contributed by atoms with Crippen molar-refractivity contribution < 1.29 is 4.42 Å². The Hall–Kier alpha value is -1.16. The molecule has 2 aromatic rings. The minimum atomic E-state index is -0.0461. The van der Waals surface area contributed by atoms with Crippen molar-refractivity contribution in [3.05, 3.63) is 23.7 Å². The fourth-order valence-electron chi connectivity index (χ4n) is 1.07. The predicted octanol–water partition coefficient (Wildman–Crippen LogP) is 3.10. The lowest BCUT2D eigenvalue weighted by molar-refractivity contribution is 0.392. The van der Waals surface area contributed by atoms with Crippen LogP contribution in [0, 0.1) is 0 Å². The molecule has 0 fully saturated rings. The molecule has 0 radical (unpaired) electrons. The van der Waals surface area contributed by atoms with Gasteiger partial charge >= 0.3 is 0 Å². The first-order valence-corrected chi connectivity index (χ1v) is 5.31. The zero-order valence-electron chi connectivity index (χ0n) is 8.44. The Balaban J connectivity index is 2.36. The van der Waals surface area contributed by atoms with E-state index in [0.717, 1.165) is 16.6 Å². The van der Waals surface area contributed by atoms with E-state index in [1.54, 1.807) is 23.8 Å².